The molecule has 1 amide bonds. The molecule has 0 fully saturated rings. The summed E-state index contributed by atoms with van der Waals surface area (Å²) >= 11 is 14.7. The highest BCUT2D eigenvalue weighted by atomic mass is 35.5. The lowest BCUT2D eigenvalue weighted by Crippen LogP contribution is -2.22. The van der Waals surface area contributed by atoms with E-state index < -0.39 is 0 Å². The monoisotopic (exact) mass is 456 g/mol. The first-order valence-corrected chi connectivity index (χ1v) is 10.8. The predicted octanol–water partition coefficient (Wildman–Crippen LogP) is 7.00. The van der Waals surface area contributed by atoms with Crippen molar-refractivity contribution in [2.24, 2.45) is 0 Å². The Labute approximate surface area is 187 Å². The number of hydrogen-bond acceptors (Lipinski definition) is 4. The number of nitrogens with zero attached hydrogens (tertiary/aromatic N) is 1. The second-order valence-corrected chi connectivity index (χ2v) is 9.01. The highest BCUT2D eigenvalue weighted by molar-refractivity contribution is 8.22. The summed E-state index contributed by atoms with van der Waals surface area (Å²) in [5.41, 5.74) is 0.659. The zero-order valence-corrected chi connectivity index (χ0v) is 18.1. The van der Waals surface area contributed by atoms with Gasteiger partial charge in [-0.2, -0.15) is 5.26 Å². The molecule has 7 heteroatoms. The van der Waals surface area contributed by atoms with E-state index in [2.05, 4.69) is 11.4 Å². The van der Waals surface area contributed by atoms with Crippen LogP contribution in [0.5, 0.6) is 0 Å². The maximum absolute atomic E-state index is 12.6. The van der Waals surface area contributed by atoms with Crippen LogP contribution in [-0.4, -0.2) is 5.91 Å². The van der Waals surface area contributed by atoms with Crippen molar-refractivity contribution < 1.29 is 4.79 Å². The Balaban J connectivity index is 1.93. The van der Waals surface area contributed by atoms with Crippen molar-refractivity contribution in [3.8, 4) is 6.07 Å². The molecule has 3 rings (SSSR count). The van der Waals surface area contributed by atoms with Gasteiger partial charge in [0.1, 0.15) is 11.8 Å². The van der Waals surface area contributed by atoms with Gasteiger partial charge in [-0.15, -0.1) is 0 Å². The first-order valence-electron chi connectivity index (χ1n) is 8.43. The van der Waals surface area contributed by atoms with E-state index in [0.29, 0.717) is 19.8 Å². The third-order valence-electron chi connectivity index (χ3n) is 3.64. The van der Waals surface area contributed by atoms with Crippen molar-refractivity contribution in [1.82, 2.24) is 5.32 Å². The summed E-state index contributed by atoms with van der Waals surface area (Å²) in [4.78, 5) is 14.4. The Morgan fingerprint density at radius 1 is 0.793 bits per heavy atom. The molecular weight excluding hydrogens is 443 g/mol. The fraction of sp³-hybridized carbons (Fsp3) is 0. The summed E-state index contributed by atoms with van der Waals surface area (Å²) in [6, 6.07) is 25.5. The zero-order chi connectivity index (χ0) is 20.6. The maximum Gasteiger partial charge on any atom is 0.256 e. The van der Waals surface area contributed by atoms with E-state index in [1.54, 1.807) is 48.5 Å². The molecule has 0 unspecified atom stereocenters. The Bertz CT molecular complexity index is 1010. The summed E-state index contributed by atoms with van der Waals surface area (Å²) in [5, 5.41) is 13.7. The van der Waals surface area contributed by atoms with Crippen LogP contribution in [0.4, 0.5) is 0 Å². The normalized spacial score (nSPS) is 10.1. The quantitative estimate of drug-likeness (QED) is 0.320. The molecule has 0 aliphatic carbocycles. The molecule has 0 atom stereocenters. The second kappa shape index (κ2) is 10.4. The molecule has 0 heterocycles. The lowest BCUT2D eigenvalue weighted by molar-refractivity contribution is 0.0967. The molecule has 144 valence electrons. The van der Waals surface area contributed by atoms with Crippen LogP contribution in [-0.2, 0) is 0 Å². The molecule has 3 aromatic carbocycles. The molecule has 0 saturated heterocycles. The molecule has 0 aromatic heterocycles. The molecule has 0 aliphatic rings. The number of amides is 1. The third kappa shape index (κ3) is 6.31. The molecule has 0 spiro atoms. The average Bonchev–Trinajstić information content (AvgIpc) is 2.75. The van der Waals surface area contributed by atoms with Crippen LogP contribution in [0.2, 0.25) is 10.0 Å². The summed E-state index contributed by atoms with van der Waals surface area (Å²) in [6.07, 6.45) is 0. The first kappa shape index (κ1) is 21.4. The minimum absolute atomic E-state index is 0.179. The van der Waals surface area contributed by atoms with Gasteiger partial charge in [0.2, 0.25) is 0 Å². The SMILES string of the molecule is N#CC(NC(=O)c1ccccc1)=C(Sc1ccc(Cl)cc1)Sc1ccc(Cl)cc1. The van der Waals surface area contributed by atoms with Crippen molar-refractivity contribution >= 4 is 52.6 Å². The van der Waals surface area contributed by atoms with Gasteiger partial charge in [-0.3, -0.25) is 4.79 Å². The largest absolute Gasteiger partial charge is 0.312 e. The molecule has 29 heavy (non-hydrogen) atoms. The number of nitrogens with one attached hydrogen (secondary N) is 1. The number of rotatable bonds is 6. The van der Waals surface area contributed by atoms with Crippen LogP contribution in [0, 0.1) is 11.3 Å². The fourth-order valence-corrected chi connectivity index (χ4v) is 4.61. The van der Waals surface area contributed by atoms with Crippen molar-refractivity contribution in [3.63, 3.8) is 0 Å². The van der Waals surface area contributed by atoms with Gasteiger partial charge in [-0.05, 0) is 60.7 Å². The van der Waals surface area contributed by atoms with Crippen molar-refractivity contribution in [2.75, 3.05) is 0 Å². The fourth-order valence-electron chi connectivity index (χ4n) is 2.24. The highest BCUT2D eigenvalue weighted by Gasteiger charge is 2.15. The smallest absolute Gasteiger partial charge is 0.256 e. The van der Waals surface area contributed by atoms with Crippen LogP contribution in [0.3, 0.4) is 0 Å². The second-order valence-electron chi connectivity index (χ2n) is 5.71. The molecule has 0 aliphatic heterocycles. The van der Waals surface area contributed by atoms with Crippen LogP contribution in [0.1, 0.15) is 10.4 Å². The lowest BCUT2D eigenvalue weighted by atomic mass is 10.2. The topological polar surface area (TPSA) is 52.9 Å². The van der Waals surface area contributed by atoms with Gasteiger partial charge in [0.25, 0.3) is 5.91 Å². The number of thioether (sulfide) groups is 2. The number of carbonyl (C=O) groups is 1. The number of halogens is 2. The van der Waals surface area contributed by atoms with Crippen molar-refractivity contribution in [3.05, 3.63) is 104 Å². The summed E-state index contributed by atoms with van der Waals surface area (Å²) in [5.74, 6) is -0.340. The van der Waals surface area contributed by atoms with Gasteiger partial charge < -0.3 is 5.32 Å². The minimum Gasteiger partial charge on any atom is -0.312 e. The van der Waals surface area contributed by atoms with E-state index in [1.165, 1.54) is 23.5 Å². The molecule has 0 bridgehead atoms. The van der Waals surface area contributed by atoms with Gasteiger partial charge in [-0.25, -0.2) is 0 Å². The summed E-state index contributed by atoms with van der Waals surface area (Å²) in [7, 11) is 0. The third-order valence-corrected chi connectivity index (χ3v) is 6.44. The van der Waals surface area contributed by atoms with Gasteiger partial charge in [0.15, 0.2) is 0 Å². The minimum atomic E-state index is -0.340. The number of allylic oxidation sites excluding steroid dienone is 1. The van der Waals surface area contributed by atoms with Gasteiger partial charge >= 0.3 is 0 Å². The van der Waals surface area contributed by atoms with E-state index in [9.17, 15) is 10.1 Å². The van der Waals surface area contributed by atoms with E-state index in [4.69, 9.17) is 23.2 Å². The van der Waals surface area contributed by atoms with Gasteiger partial charge in [0.05, 0.1) is 4.24 Å². The Kier molecular flexibility index (Phi) is 7.68. The van der Waals surface area contributed by atoms with E-state index in [0.717, 1.165) is 9.79 Å². The zero-order valence-electron chi connectivity index (χ0n) is 14.9. The first-order chi connectivity index (χ1) is 14.0. The lowest BCUT2D eigenvalue weighted by Gasteiger charge is -2.12. The van der Waals surface area contributed by atoms with Crippen molar-refractivity contribution in [1.29, 1.82) is 5.26 Å². The summed E-state index contributed by atoms with van der Waals surface area (Å²) in [6.45, 7) is 0. The standard InChI is InChI=1S/C22H14Cl2N2OS2/c23-16-6-10-18(11-7-16)28-22(29-19-12-8-17(24)9-13-19)20(14-25)26-21(27)15-4-2-1-3-5-15/h1-13H,(H,26,27). The molecule has 0 radical (unpaired) electrons. The van der Waals surface area contributed by atoms with E-state index >= 15 is 0 Å². The van der Waals surface area contributed by atoms with Crippen molar-refractivity contribution in [2.45, 2.75) is 9.79 Å². The van der Waals surface area contributed by atoms with Crippen LogP contribution in [0.25, 0.3) is 0 Å². The number of carbonyl (C=O) groups excluding carboxylic acids is 1. The number of nitriles is 1. The molecule has 3 nitrogen and oxygen atoms in total. The van der Waals surface area contributed by atoms with Gasteiger partial charge in [0, 0.05) is 25.4 Å². The number of benzene rings is 3. The predicted molar refractivity (Wildman–Crippen MR) is 121 cm³/mol. The Hall–Kier alpha value is -2.36. The van der Waals surface area contributed by atoms with Crippen LogP contribution >= 0.6 is 46.7 Å². The van der Waals surface area contributed by atoms with E-state index in [-0.39, 0.29) is 11.6 Å². The molecule has 1 N–H and O–H groups in total. The molecule has 0 saturated carbocycles. The molecule has 3 aromatic rings. The van der Waals surface area contributed by atoms with Crippen LogP contribution < -0.4 is 5.32 Å². The average molecular weight is 457 g/mol. The maximum atomic E-state index is 12.6. The Morgan fingerprint density at radius 3 is 1.72 bits per heavy atom. The van der Waals surface area contributed by atoms with Crippen LogP contribution in [0.15, 0.2) is 98.6 Å². The van der Waals surface area contributed by atoms with Gasteiger partial charge in [-0.1, -0.05) is 64.9 Å². The van der Waals surface area contributed by atoms with E-state index in [1.807, 2.05) is 30.3 Å². The Morgan fingerprint density at radius 2 is 1.28 bits per heavy atom. The summed E-state index contributed by atoms with van der Waals surface area (Å²) < 4.78 is 0.640. The number of hydrogen-bond donors (Lipinski definition) is 1. The molecular formula is C22H14Cl2N2OS2. The highest BCUT2D eigenvalue weighted by Crippen LogP contribution is 2.41.